The first-order valence-electron chi connectivity index (χ1n) is 10.4. The number of likely N-dealkylation sites (N-methyl/N-ethyl adjacent to an activating group) is 1. The van der Waals surface area contributed by atoms with Crippen LogP contribution in [0, 0.1) is 0 Å². The SMILES string of the molecule is CN(CC(=O)O[C@@H]1CCCC[C@]1(C(N)=S)c1ccc2nccn2c1)C(=O)OC(C)(C)C. The molecule has 2 N–H and O–H groups in total. The number of thiocarbonyl (C=S) groups is 1. The van der Waals surface area contributed by atoms with Gasteiger partial charge in [-0.25, -0.2) is 9.78 Å². The molecule has 0 radical (unpaired) electrons. The first-order chi connectivity index (χ1) is 14.5. The van der Waals surface area contributed by atoms with Crippen molar-refractivity contribution in [3.8, 4) is 0 Å². The van der Waals surface area contributed by atoms with E-state index in [1.165, 1.54) is 11.9 Å². The number of imidazole rings is 1. The van der Waals surface area contributed by atoms with E-state index in [1.807, 2.05) is 28.9 Å². The molecule has 1 aliphatic carbocycles. The van der Waals surface area contributed by atoms with Gasteiger partial charge >= 0.3 is 12.1 Å². The Morgan fingerprint density at radius 1 is 1.35 bits per heavy atom. The largest absolute Gasteiger partial charge is 0.460 e. The number of carbonyl (C=O) groups is 2. The zero-order valence-corrected chi connectivity index (χ0v) is 19.3. The van der Waals surface area contributed by atoms with Gasteiger partial charge in [0.25, 0.3) is 0 Å². The third-order valence-electron chi connectivity index (χ3n) is 5.53. The van der Waals surface area contributed by atoms with Crippen molar-refractivity contribution in [2.24, 2.45) is 5.73 Å². The monoisotopic (exact) mass is 446 g/mol. The Kier molecular flexibility index (Phi) is 6.54. The molecule has 2 aromatic heterocycles. The Balaban J connectivity index is 1.81. The fraction of sp³-hybridized carbons (Fsp3) is 0.545. The number of fused-ring (bicyclic) bond motifs is 1. The van der Waals surface area contributed by atoms with Crippen molar-refractivity contribution in [3.63, 3.8) is 0 Å². The van der Waals surface area contributed by atoms with Crippen LogP contribution >= 0.6 is 12.2 Å². The normalized spacial score (nSPS) is 21.5. The van der Waals surface area contributed by atoms with E-state index in [4.69, 9.17) is 27.4 Å². The number of nitrogens with two attached hydrogens (primary N) is 1. The Morgan fingerprint density at radius 3 is 2.77 bits per heavy atom. The highest BCUT2D eigenvalue weighted by Gasteiger charge is 2.47. The number of amides is 1. The Labute approximate surface area is 187 Å². The van der Waals surface area contributed by atoms with Crippen molar-refractivity contribution in [2.45, 2.75) is 63.6 Å². The summed E-state index contributed by atoms with van der Waals surface area (Å²) in [4.78, 5) is 30.7. The van der Waals surface area contributed by atoms with Gasteiger partial charge in [-0.05, 0) is 51.7 Å². The van der Waals surface area contributed by atoms with Crippen LogP contribution in [0.5, 0.6) is 0 Å². The summed E-state index contributed by atoms with van der Waals surface area (Å²) in [5.74, 6) is -0.524. The molecule has 8 nitrogen and oxygen atoms in total. The number of pyridine rings is 1. The highest BCUT2D eigenvalue weighted by atomic mass is 32.1. The van der Waals surface area contributed by atoms with Crippen LogP contribution in [0.1, 0.15) is 52.0 Å². The van der Waals surface area contributed by atoms with Crippen LogP contribution in [0.3, 0.4) is 0 Å². The maximum Gasteiger partial charge on any atom is 0.410 e. The van der Waals surface area contributed by atoms with Gasteiger partial charge in [0.2, 0.25) is 0 Å². The lowest BCUT2D eigenvalue weighted by molar-refractivity contribution is -0.154. The van der Waals surface area contributed by atoms with E-state index in [0.717, 1.165) is 24.1 Å². The molecule has 0 unspecified atom stereocenters. The minimum atomic E-state index is -0.772. The van der Waals surface area contributed by atoms with Crippen LogP contribution in [0.25, 0.3) is 5.65 Å². The molecule has 0 bridgehead atoms. The van der Waals surface area contributed by atoms with Crippen LogP contribution in [0.15, 0.2) is 30.7 Å². The predicted molar refractivity (Wildman–Crippen MR) is 121 cm³/mol. The second-order valence-electron chi connectivity index (χ2n) is 9.01. The molecule has 9 heteroatoms. The maximum atomic E-state index is 12.7. The lowest BCUT2D eigenvalue weighted by Crippen LogP contribution is -2.53. The molecule has 3 rings (SSSR count). The number of nitrogens with zero attached hydrogens (tertiary/aromatic N) is 3. The van der Waals surface area contributed by atoms with Crippen molar-refractivity contribution in [1.82, 2.24) is 14.3 Å². The summed E-state index contributed by atoms with van der Waals surface area (Å²) in [5.41, 5.74) is 6.55. The minimum Gasteiger partial charge on any atom is -0.460 e. The Hall–Kier alpha value is -2.68. The molecular weight excluding hydrogens is 416 g/mol. The summed E-state index contributed by atoms with van der Waals surface area (Å²) in [7, 11) is 1.50. The van der Waals surface area contributed by atoms with Gasteiger partial charge in [0, 0.05) is 25.6 Å². The predicted octanol–water partition coefficient (Wildman–Crippen LogP) is 3.21. The van der Waals surface area contributed by atoms with Crippen molar-refractivity contribution in [1.29, 1.82) is 0 Å². The molecule has 1 saturated carbocycles. The van der Waals surface area contributed by atoms with Crippen molar-refractivity contribution >= 4 is 34.9 Å². The highest BCUT2D eigenvalue weighted by molar-refractivity contribution is 7.80. The molecule has 1 amide bonds. The number of ether oxygens (including phenoxy) is 2. The number of hydrogen-bond donors (Lipinski definition) is 1. The zero-order chi connectivity index (χ0) is 22.8. The van der Waals surface area contributed by atoms with E-state index in [1.54, 1.807) is 27.0 Å². The lowest BCUT2D eigenvalue weighted by atomic mass is 9.67. The molecule has 0 saturated heterocycles. The van der Waals surface area contributed by atoms with E-state index in [9.17, 15) is 9.59 Å². The van der Waals surface area contributed by atoms with E-state index in [2.05, 4.69) is 4.98 Å². The number of aromatic nitrogens is 2. The fourth-order valence-corrected chi connectivity index (χ4v) is 4.38. The molecule has 1 aliphatic rings. The average molecular weight is 447 g/mol. The summed E-state index contributed by atoms with van der Waals surface area (Å²) < 4.78 is 13.1. The van der Waals surface area contributed by atoms with Gasteiger partial charge < -0.3 is 24.5 Å². The second kappa shape index (κ2) is 8.82. The van der Waals surface area contributed by atoms with Gasteiger partial charge in [0.15, 0.2) is 0 Å². The first-order valence-corrected chi connectivity index (χ1v) is 10.8. The number of rotatable bonds is 5. The molecule has 0 aromatic carbocycles. The molecule has 2 atom stereocenters. The summed E-state index contributed by atoms with van der Waals surface area (Å²) in [6.45, 7) is 5.09. The van der Waals surface area contributed by atoms with Crippen LogP contribution in [0.4, 0.5) is 4.79 Å². The quantitative estimate of drug-likeness (QED) is 0.556. The van der Waals surface area contributed by atoms with E-state index < -0.39 is 29.2 Å². The maximum absolute atomic E-state index is 12.7. The summed E-state index contributed by atoms with van der Waals surface area (Å²) in [5, 5.41) is 0. The van der Waals surface area contributed by atoms with Gasteiger partial charge in [0.1, 0.15) is 23.9 Å². The third-order valence-corrected chi connectivity index (χ3v) is 5.89. The molecule has 2 aromatic rings. The topological polar surface area (TPSA) is 99.2 Å². The van der Waals surface area contributed by atoms with Gasteiger partial charge in [-0.1, -0.05) is 24.7 Å². The van der Waals surface area contributed by atoms with Gasteiger partial charge in [-0.2, -0.15) is 0 Å². The molecule has 168 valence electrons. The molecule has 31 heavy (non-hydrogen) atoms. The van der Waals surface area contributed by atoms with Crippen molar-refractivity contribution < 1.29 is 19.1 Å². The molecule has 0 aliphatic heterocycles. The molecule has 0 spiro atoms. The van der Waals surface area contributed by atoms with Crippen LogP contribution in [-0.4, -0.2) is 56.6 Å². The first kappa shape index (κ1) is 23.0. The Bertz CT molecular complexity index is 983. The zero-order valence-electron chi connectivity index (χ0n) is 18.5. The molecule has 1 fully saturated rings. The fourth-order valence-electron chi connectivity index (χ4n) is 4.03. The van der Waals surface area contributed by atoms with Crippen LogP contribution < -0.4 is 5.73 Å². The van der Waals surface area contributed by atoms with E-state index in [0.29, 0.717) is 17.8 Å². The van der Waals surface area contributed by atoms with Crippen molar-refractivity contribution in [2.75, 3.05) is 13.6 Å². The molecular formula is C22H30N4O4S. The van der Waals surface area contributed by atoms with Crippen LogP contribution in [0.2, 0.25) is 0 Å². The third kappa shape index (κ3) is 4.98. The summed E-state index contributed by atoms with van der Waals surface area (Å²) in [6, 6.07) is 3.85. The average Bonchev–Trinajstić information content (AvgIpc) is 3.14. The Morgan fingerprint density at radius 2 is 2.10 bits per heavy atom. The van der Waals surface area contributed by atoms with Crippen molar-refractivity contribution in [3.05, 3.63) is 36.3 Å². The number of esters is 1. The van der Waals surface area contributed by atoms with E-state index >= 15 is 0 Å². The lowest BCUT2D eigenvalue weighted by Gasteiger charge is -2.43. The van der Waals surface area contributed by atoms with E-state index in [-0.39, 0.29) is 6.54 Å². The van der Waals surface area contributed by atoms with Gasteiger partial charge in [-0.3, -0.25) is 4.79 Å². The summed E-state index contributed by atoms with van der Waals surface area (Å²) >= 11 is 5.51. The highest BCUT2D eigenvalue weighted by Crippen LogP contribution is 2.42. The number of carbonyl (C=O) groups excluding carboxylic acids is 2. The molecule has 2 heterocycles. The standard InChI is InChI=1S/C22H30N4O4S/c1-21(2,3)30-20(28)25(4)14-18(27)29-16-7-5-6-10-22(16,19(23)31)15-8-9-17-24-11-12-26(17)13-15/h8-9,11-13,16H,5-7,10,14H2,1-4H3,(H2,23,31)/t16-,22+/m1/s1. The minimum absolute atomic E-state index is 0.223. The van der Waals surface area contributed by atoms with Gasteiger partial charge in [0.05, 0.1) is 10.4 Å². The van der Waals surface area contributed by atoms with Gasteiger partial charge in [-0.15, -0.1) is 0 Å². The van der Waals surface area contributed by atoms with Crippen LogP contribution in [-0.2, 0) is 19.7 Å². The second-order valence-corrected chi connectivity index (χ2v) is 9.45. The smallest absolute Gasteiger partial charge is 0.410 e. The number of hydrogen-bond acceptors (Lipinski definition) is 6. The summed E-state index contributed by atoms with van der Waals surface area (Å²) in [6.07, 6.45) is 7.56.